The number of para-hydroxylation sites is 1. The average molecular weight is 500 g/mol. The number of rotatable bonds is 4. The van der Waals surface area contributed by atoms with Gasteiger partial charge in [0, 0.05) is 16.8 Å². The highest BCUT2D eigenvalue weighted by atomic mass is 16.5. The van der Waals surface area contributed by atoms with Crippen LogP contribution < -0.4 is 15.0 Å². The van der Waals surface area contributed by atoms with Crippen LogP contribution in [-0.4, -0.2) is 47.3 Å². The number of anilines is 2. The molecule has 1 amide bonds. The zero-order chi connectivity index (χ0) is 26.3. The highest BCUT2D eigenvalue weighted by Gasteiger charge is 2.37. The van der Waals surface area contributed by atoms with Gasteiger partial charge >= 0.3 is 5.97 Å². The number of carbonyl (C=O) groups is 4. The van der Waals surface area contributed by atoms with E-state index in [4.69, 9.17) is 4.74 Å². The van der Waals surface area contributed by atoms with Crippen molar-refractivity contribution >= 4 is 34.8 Å². The van der Waals surface area contributed by atoms with Gasteiger partial charge in [-0.25, -0.2) is 0 Å². The summed E-state index contributed by atoms with van der Waals surface area (Å²) in [5.41, 5.74) is 0.800. The third kappa shape index (κ3) is 4.04. The number of phenols is 2. The number of nitrogens with zero attached hydrogens (tertiary/aromatic N) is 1. The van der Waals surface area contributed by atoms with Crippen molar-refractivity contribution in [2.45, 2.75) is 6.54 Å². The number of fused-ring (bicyclic) bond motifs is 3. The summed E-state index contributed by atoms with van der Waals surface area (Å²) in [6.07, 6.45) is 2.07. The van der Waals surface area contributed by atoms with Crippen molar-refractivity contribution in [1.29, 1.82) is 0 Å². The molecule has 0 bridgehead atoms. The molecule has 0 radical (unpaired) electrons. The lowest BCUT2D eigenvalue weighted by Gasteiger charge is -2.27. The minimum absolute atomic E-state index is 0.00760. The van der Waals surface area contributed by atoms with Gasteiger partial charge in [0.15, 0.2) is 28.8 Å². The minimum Gasteiger partial charge on any atom is -0.505 e. The van der Waals surface area contributed by atoms with Gasteiger partial charge in [0.05, 0.1) is 24.8 Å². The van der Waals surface area contributed by atoms with Crippen LogP contribution in [0.25, 0.3) is 0 Å². The summed E-state index contributed by atoms with van der Waals surface area (Å²) in [7, 11) is 1.22. The van der Waals surface area contributed by atoms with Gasteiger partial charge in [-0.3, -0.25) is 19.2 Å². The molecule has 3 N–H and O–H groups in total. The Balaban J connectivity index is 1.63. The molecule has 10 nitrogen and oxygen atoms in total. The van der Waals surface area contributed by atoms with Gasteiger partial charge in [-0.15, -0.1) is 0 Å². The number of amides is 1. The van der Waals surface area contributed by atoms with Crippen LogP contribution in [0, 0.1) is 0 Å². The number of phenolic OH excluding ortho intramolecular Hbond substituents is 2. The molecule has 0 unspecified atom stereocenters. The van der Waals surface area contributed by atoms with E-state index in [-0.39, 0.29) is 41.2 Å². The Morgan fingerprint density at radius 3 is 2.30 bits per heavy atom. The van der Waals surface area contributed by atoms with Crippen molar-refractivity contribution in [3.63, 3.8) is 0 Å². The Morgan fingerprint density at radius 2 is 1.62 bits per heavy atom. The lowest BCUT2D eigenvalue weighted by Crippen LogP contribution is -2.30. The first-order chi connectivity index (χ1) is 17.8. The minimum atomic E-state index is -0.639. The van der Waals surface area contributed by atoms with E-state index >= 15 is 0 Å². The van der Waals surface area contributed by atoms with Gasteiger partial charge in [-0.05, 0) is 42.5 Å². The van der Waals surface area contributed by atoms with E-state index in [0.717, 1.165) is 12.2 Å². The zero-order valence-electron chi connectivity index (χ0n) is 19.5. The quantitative estimate of drug-likeness (QED) is 0.363. The Kier molecular flexibility index (Phi) is 5.84. The Hall–Kier alpha value is -5.12. The first kappa shape index (κ1) is 23.6. The van der Waals surface area contributed by atoms with Crippen molar-refractivity contribution in [2.75, 3.05) is 18.6 Å². The fourth-order valence-corrected chi connectivity index (χ4v) is 4.27. The molecular weight excluding hydrogens is 480 g/mol. The lowest BCUT2D eigenvalue weighted by atomic mass is 9.91. The number of carbonyl (C=O) groups excluding carboxylic acids is 4. The number of hydrogen-bond donors (Lipinski definition) is 3. The third-order valence-corrected chi connectivity index (χ3v) is 6.10. The molecule has 0 aromatic heterocycles. The largest absolute Gasteiger partial charge is 0.505 e. The molecule has 1 heterocycles. The zero-order valence-corrected chi connectivity index (χ0v) is 19.5. The fourth-order valence-electron chi connectivity index (χ4n) is 4.27. The summed E-state index contributed by atoms with van der Waals surface area (Å²) in [6.45, 7) is -0.120. The number of nitrogens with one attached hydrogen (secondary N) is 1. The van der Waals surface area contributed by atoms with Gasteiger partial charge in [0.1, 0.15) is 18.0 Å². The second kappa shape index (κ2) is 9.15. The molecule has 3 aromatic carbocycles. The van der Waals surface area contributed by atoms with E-state index in [1.54, 1.807) is 41.3 Å². The van der Waals surface area contributed by atoms with E-state index < -0.39 is 34.9 Å². The van der Waals surface area contributed by atoms with E-state index in [9.17, 15) is 29.4 Å². The maximum atomic E-state index is 12.6. The van der Waals surface area contributed by atoms with Crippen LogP contribution in [0.1, 0.15) is 36.6 Å². The maximum Gasteiger partial charge on any atom is 0.325 e. The summed E-state index contributed by atoms with van der Waals surface area (Å²) >= 11 is 0. The van der Waals surface area contributed by atoms with Crippen LogP contribution in [0.4, 0.5) is 11.4 Å². The van der Waals surface area contributed by atoms with E-state index in [1.165, 1.54) is 19.2 Å². The Morgan fingerprint density at radius 1 is 0.973 bits per heavy atom. The van der Waals surface area contributed by atoms with Gasteiger partial charge in [0.25, 0.3) is 5.91 Å². The number of aromatic hydroxyl groups is 2. The second-order valence-corrected chi connectivity index (χ2v) is 8.29. The van der Waals surface area contributed by atoms with Gasteiger partial charge in [0.2, 0.25) is 0 Å². The lowest BCUT2D eigenvalue weighted by molar-refractivity contribution is -0.139. The maximum absolute atomic E-state index is 12.6. The topological polar surface area (TPSA) is 142 Å². The van der Waals surface area contributed by atoms with Crippen LogP contribution in [0.2, 0.25) is 0 Å². The number of esters is 1. The predicted molar refractivity (Wildman–Crippen MR) is 131 cm³/mol. The summed E-state index contributed by atoms with van der Waals surface area (Å²) < 4.78 is 10.5. The SMILES string of the molecule is COC(=O)CNC(=O)c1ccc(N2Cc3ccccc3Oc3c(O)c4c(c(O)c32)C(=O)C=CC4=O)cc1. The van der Waals surface area contributed by atoms with Crippen molar-refractivity contribution in [3.8, 4) is 23.0 Å². The number of benzene rings is 3. The van der Waals surface area contributed by atoms with Crippen LogP contribution in [0.5, 0.6) is 23.0 Å². The van der Waals surface area contributed by atoms with Crippen molar-refractivity contribution in [1.82, 2.24) is 5.32 Å². The molecular formula is C27H20N2O8. The fraction of sp³-hybridized carbons (Fsp3) is 0.111. The van der Waals surface area contributed by atoms with Crippen molar-refractivity contribution in [2.24, 2.45) is 0 Å². The van der Waals surface area contributed by atoms with Crippen LogP contribution in [-0.2, 0) is 16.1 Å². The van der Waals surface area contributed by atoms with Crippen LogP contribution in [0.3, 0.4) is 0 Å². The molecule has 0 spiro atoms. The second-order valence-electron chi connectivity index (χ2n) is 8.29. The molecule has 0 fully saturated rings. The summed E-state index contributed by atoms with van der Waals surface area (Å²) in [4.78, 5) is 50.5. The summed E-state index contributed by atoms with van der Waals surface area (Å²) in [5, 5.41) is 24.8. The molecule has 186 valence electrons. The van der Waals surface area contributed by atoms with E-state index in [0.29, 0.717) is 17.0 Å². The molecule has 1 aliphatic heterocycles. The molecule has 0 saturated carbocycles. The van der Waals surface area contributed by atoms with Gasteiger partial charge in [-0.1, -0.05) is 18.2 Å². The normalized spacial score (nSPS) is 13.6. The van der Waals surface area contributed by atoms with Crippen molar-refractivity contribution < 1.29 is 38.9 Å². The smallest absolute Gasteiger partial charge is 0.325 e. The third-order valence-electron chi connectivity index (χ3n) is 6.10. The van der Waals surface area contributed by atoms with Crippen LogP contribution in [0.15, 0.2) is 60.7 Å². The average Bonchev–Trinajstić information content (AvgIpc) is 3.09. The van der Waals surface area contributed by atoms with Crippen molar-refractivity contribution in [3.05, 3.63) is 82.9 Å². The molecule has 10 heteroatoms. The first-order valence-corrected chi connectivity index (χ1v) is 11.2. The van der Waals surface area contributed by atoms with Gasteiger partial charge < -0.3 is 29.9 Å². The number of methoxy groups -OCH3 is 1. The number of ether oxygens (including phenoxy) is 2. The molecule has 2 aliphatic rings. The summed E-state index contributed by atoms with van der Waals surface area (Å²) in [5.74, 6) is -3.23. The Bertz CT molecular complexity index is 1510. The summed E-state index contributed by atoms with van der Waals surface area (Å²) in [6, 6.07) is 13.3. The molecule has 5 rings (SSSR count). The molecule has 0 atom stereocenters. The molecule has 1 aliphatic carbocycles. The predicted octanol–water partition coefficient (Wildman–Crippen LogP) is 3.38. The van der Waals surface area contributed by atoms with E-state index in [2.05, 4.69) is 10.1 Å². The number of allylic oxidation sites excluding steroid dienone is 2. The highest BCUT2D eigenvalue weighted by molar-refractivity contribution is 6.25. The molecule has 3 aromatic rings. The molecule has 0 saturated heterocycles. The first-order valence-electron chi connectivity index (χ1n) is 11.2. The highest BCUT2D eigenvalue weighted by Crippen LogP contribution is 2.55. The van der Waals surface area contributed by atoms with Gasteiger partial charge in [-0.2, -0.15) is 0 Å². The number of ketones is 2. The monoisotopic (exact) mass is 500 g/mol. The van der Waals surface area contributed by atoms with Crippen LogP contribution >= 0.6 is 0 Å². The number of hydrogen-bond acceptors (Lipinski definition) is 9. The molecule has 37 heavy (non-hydrogen) atoms. The standard InChI is InChI=1S/C27H20N2O8/c1-36-20(32)12-28-27(35)14-6-8-16(9-7-14)29-13-15-4-2-3-5-19(15)37-26-23(29)24(33)21-17(30)10-11-18(31)22(21)25(26)34/h2-11,33-34H,12-13H2,1H3,(H,28,35). The van der Waals surface area contributed by atoms with E-state index in [1.807, 2.05) is 0 Å². The Labute approximate surface area is 210 Å².